The third kappa shape index (κ3) is 3.70. The summed E-state index contributed by atoms with van der Waals surface area (Å²) >= 11 is 0. The van der Waals surface area contributed by atoms with Crippen LogP contribution in [-0.2, 0) is 0 Å². The minimum absolute atomic E-state index is 0.638. The van der Waals surface area contributed by atoms with Crippen LogP contribution in [0.5, 0.6) is 0 Å². The molecule has 0 saturated heterocycles. The largest absolute Gasteiger partial charge is 0.354 e. The molecule has 1 saturated carbocycles. The number of aromatic nitrogens is 1. The van der Waals surface area contributed by atoms with Crippen molar-refractivity contribution in [3.05, 3.63) is 23.9 Å². The summed E-state index contributed by atoms with van der Waals surface area (Å²) in [7, 11) is 0. The van der Waals surface area contributed by atoms with Crippen molar-refractivity contribution in [2.24, 2.45) is 5.92 Å². The summed E-state index contributed by atoms with van der Waals surface area (Å²) in [5.74, 6) is 1.74. The zero-order valence-electron chi connectivity index (χ0n) is 12.0. The van der Waals surface area contributed by atoms with Gasteiger partial charge in [0.25, 0.3) is 0 Å². The van der Waals surface area contributed by atoms with Gasteiger partial charge in [-0.2, -0.15) is 5.26 Å². The minimum atomic E-state index is 0.638. The lowest BCUT2D eigenvalue weighted by Gasteiger charge is -2.30. The molecule has 0 bridgehead atoms. The van der Waals surface area contributed by atoms with Crippen LogP contribution in [0.25, 0.3) is 0 Å². The van der Waals surface area contributed by atoms with Gasteiger partial charge in [-0.1, -0.05) is 26.7 Å². The number of hydrogen-bond donors (Lipinski definition) is 0. The van der Waals surface area contributed by atoms with E-state index in [-0.39, 0.29) is 0 Å². The lowest BCUT2D eigenvalue weighted by molar-refractivity contribution is 0.525. The maximum absolute atomic E-state index is 8.85. The zero-order chi connectivity index (χ0) is 13.7. The Bertz CT molecular complexity index is 424. The molecule has 0 spiro atoms. The molecule has 102 valence electrons. The fourth-order valence-corrected chi connectivity index (χ4v) is 2.72. The first kappa shape index (κ1) is 13.9. The first-order valence-electron chi connectivity index (χ1n) is 7.33. The standard InChI is InChI=1S/C16H23N3/c1-13(2)9-10-19(15-5-3-4-6-15)16-8-7-14(11-17)12-18-16/h7-8,12-13,15H,3-6,9-10H2,1-2H3. The van der Waals surface area contributed by atoms with E-state index < -0.39 is 0 Å². The molecule has 3 nitrogen and oxygen atoms in total. The molecule has 0 aromatic carbocycles. The highest BCUT2D eigenvalue weighted by Gasteiger charge is 2.23. The average Bonchev–Trinajstić information content (AvgIpc) is 2.93. The number of pyridine rings is 1. The van der Waals surface area contributed by atoms with Crippen molar-refractivity contribution < 1.29 is 0 Å². The van der Waals surface area contributed by atoms with Crippen LogP contribution >= 0.6 is 0 Å². The fourth-order valence-electron chi connectivity index (χ4n) is 2.72. The van der Waals surface area contributed by atoms with Crippen molar-refractivity contribution in [2.45, 2.75) is 52.0 Å². The van der Waals surface area contributed by atoms with E-state index in [4.69, 9.17) is 5.26 Å². The molecule has 2 rings (SSSR count). The first-order chi connectivity index (χ1) is 9.20. The van der Waals surface area contributed by atoms with Crippen LogP contribution in [0.2, 0.25) is 0 Å². The zero-order valence-corrected chi connectivity index (χ0v) is 12.0. The minimum Gasteiger partial charge on any atom is -0.354 e. The summed E-state index contributed by atoms with van der Waals surface area (Å²) in [6.07, 6.45) is 8.10. The van der Waals surface area contributed by atoms with Crippen LogP contribution in [0.3, 0.4) is 0 Å². The van der Waals surface area contributed by atoms with E-state index in [9.17, 15) is 0 Å². The van der Waals surface area contributed by atoms with E-state index in [1.807, 2.05) is 12.1 Å². The van der Waals surface area contributed by atoms with Gasteiger partial charge in [-0.25, -0.2) is 4.98 Å². The molecule has 1 fully saturated rings. The third-order valence-corrected chi connectivity index (χ3v) is 3.88. The maximum atomic E-state index is 8.85. The first-order valence-corrected chi connectivity index (χ1v) is 7.33. The number of rotatable bonds is 5. The van der Waals surface area contributed by atoms with Crippen LogP contribution in [0.15, 0.2) is 18.3 Å². The molecule has 3 heteroatoms. The lowest BCUT2D eigenvalue weighted by Crippen LogP contribution is -2.35. The second-order valence-electron chi connectivity index (χ2n) is 5.83. The Balaban J connectivity index is 2.12. The molecule has 0 N–H and O–H groups in total. The Hall–Kier alpha value is -1.56. The highest BCUT2D eigenvalue weighted by atomic mass is 15.2. The molecular weight excluding hydrogens is 234 g/mol. The summed E-state index contributed by atoms with van der Waals surface area (Å²) < 4.78 is 0. The molecule has 19 heavy (non-hydrogen) atoms. The van der Waals surface area contributed by atoms with Crippen LogP contribution in [-0.4, -0.2) is 17.6 Å². The quantitative estimate of drug-likeness (QED) is 0.806. The number of anilines is 1. The second-order valence-corrected chi connectivity index (χ2v) is 5.83. The Kier molecular flexibility index (Phi) is 4.79. The monoisotopic (exact) mass is 257 g/mol. The van der Waals surface area contributed by atoms with Gasteiger partial charge in [0.1, 0.15) is 11.9 Å². The van der Waals surface area contributed by atoms with Crippen LogP contribution in [0.1, 0.15) is 51.5 Å². The van der Waals surface area contributed by atoms with Gasteiger partial charge in [-0.3, -0.25) is 0 Å². The molecule has 1 heterocycles. The molecule has 0 radical (unpaired) electrons. The summed E-state index contributed by atoms with van der Waals surface area (Å²) in [6, 6.07) is 6.64. The van der Waals surface area contributed by atoms with Crippen LogP contribution in [0, 0.1) is 17.2 Å². The van der Waals surface area contributed by atoms with Gasteiger partial charge in [-0.05, 0) is 37.3 Å². The highest BCUT2D eigenvalue weighted by Crippen LogP contribution is 2.27. The van der Waals surface area contributed by atoms with E-state index in [1.54, 1.807) is 6.20 Å². The van der Waals surface area contributed by atoms with Crippen molar-refractivity contribution >= 4 is 5.82 Å². The molecule has 1 aliphatic carbocycles. The Morgan fingerprint density at radius 2 is 2.11 bits per heavy atom. The third-order valence-electron chi connectivity index (χ3n) is 3.88. The van der Waals surface area contributed by atoms with E-state index in [0.29, 0.717) is 17.5 Å². The Morgan fingerprint density at radius 1 is 1.37 bits per heavy atom. The molecule has 0 unspecified atom stereocenters. The van der Waals surface area contributed by atoms with Crippen molar-refractivity contribution in [2.75, 3.05) is 11.4 Å². The van der Waals surface area contributed by atoms with Crippen molar-refractivity contribution in [3.8, 4) is 6.07 Å². The number of hydrogen-bond acceptors (Lipinski definition) is 3. The van der Waals surface area contributed by atoms with Gasteiger partial charge in [0.05, 0.1) is 5.56 Å². The van der Waals surface area contributed by atoms with Gasteiger partial charge in [0.15, 0.2) is 0 Å². The van der Waals surface area contributed by atoms with E-state index in [0.717, 1.165) is 12.4 Å². The van der Waals surface area contributed by atoms with E-state index >= 15 is 0 Å². The fraction of sp³-hybridized carbons (Fsp3) is 0.625. The summed E-state index contributed by atoms with van der Waals surface area (Å²) in [5, 5.41) is 8.85. The summed E-state index contributed by atoms with van der Waals surface area (Å²) in [5.41, 5.74) is 0.638. The molecule has 0 aliphatic heterocycles. The topological polar surface area (TPSA) is 39.9 Å². The van der Waals surface area contributed by atoms with Crippen molar-refractivity contribution in [1.82, 2.24) is 4.98 Å². The SMILES string of the molecule is CC(C)CCN(c1ccc(C#N)cn1)C1CCCC1. The van der Waals surface area contributed by atoms with Gasteiger partial charge < -0.3 is 4.90 Å². The average molecular weight is 257 g/mol. The normalized spacial score (nSPS) is 15.7. The molecule has 0 amide bonds. The van der Waals surface area contributed by atoms with Crippen LogP contribution in [0.4, 0.5) is 5.82 Å². The van der Waals surface area contributed by atoms with Crippen molar-refractivity contribution in [1.29, 1.82) is 5.26 Å². The van der Waals surface area contributed by atoms with E-state index in [2.05, 4.69) is 29.8 Å². The predicted octanol–water partition coefficient (Wildman–Crippen LogP) is 3.75. The summed E-state index contributed by atoms with van der Waals surface area (Å²) in [6.45, 7) is 5.60. The van der Waals surface area contributed by atoms with Gasteiger partial charge in [0, 0.05) is 18.8 Å². The van der Waals surface area contributed by atoms with Crippen LogP contribution < -0.4 is 4.90 Å². The predicted molar refractivity (Wildman–Crippen MR) is 78.0 cm³/mol. The number of nitriles is 1. The van der Waals surface area contributed by atoms with Gasteiger partial charge in [-0.15, -0.1) is 0 Å². The van der Waals surface area contributed by atoms with E-state index in [1.165, 1.54) is 32.1 Å². The Labute approximate surface area is 116 Å². The molecule has 1 aromatic rings. The molecular formula is C16H23N3. The molecule has 1 aromatic heterocycles. The highest BCUT2D eigenvalue weighted by molar-refractivity contribution is 5.43. The van der Waals surface area contributed by atoms with Crippen molar-refractivity contribution in [3.63, 3.8) is 0 Å². The lowest BCUT2D eigenvalue weighted by atomic mass is 10.1. The Morgan fingerprint density at radius 3 is 2.63 bits per heavy atom. The molecule has 0 atom stereocenters. The van der Waals surface area contributed by atoms with Gasteiger partial charge in [0.2, 0.25) is 0 Å². The smallest absolute Gasteiger partial charge is 0.128 e. The second kappa shape index (κ2) is 6.56. The number of nitrogens with zero attached hydrogens (tertiary/aromatic N) is 3. The maximum Gasteiger partial charge on any atom is 0.128 e. The summed E-state index contributed by atoms with van der Waals surface area (Å²) in [4.78, 5) is 6.93. The van der Waals surface area contributed by atoms with Gasteiger partial charge >= 0.3 is 0 Å². The molecule has 1 aliphatic rings.